The number of ether oxygens (including phenoxy) is 3. The first-order chi connectivity index (χ1) is 13.8. The SMILES string of the molecule is C=CCC[C@@H]1[C@H](CCC)[C@@H]1COC(=O)NS(=O)(=O)NCCOCCOCC(=O)O. The number of carboxylic acids is 1. The summed E-state index contributed by atoms with van der Waals surface area (Å²) < 4.78 is 42.5. The fourth-order valence-corrected chi connectivity index (χ4v) is 3.95. The number of carboxylic acid groups (broad SMARTS) is 1. The third-order valence-corrected chi connectivity index (χ3v) is 5.62. The first-order valence-corrected chi connectivity index (χ1v) is 11.2. The zero-order valence-corrected chi connectivity index (χ0v) is 17.6. The fraction of sp³-hybridized carbons (Fsp3) is 0.778. The van der Waals surface area contributed by atoms with Gasteiger partial charge in [-0.2, -0.15) is 13.1 Å². The Labute approximate surface area is 172 Å². The molecule has 0 saturated heterocycles. The molecule has 0 spiro atoms. The number of carbonyl (C=O) groups excluding carboxylic acids is 1. The van der Waals surface area contributed by atoms with Crippen molar-refractivity contribution in [3.63, 3.8) is 0 Å². The summed E-state index contributed by atoms with van der Waals surface area (Å²) in [6, 6.07) is 0. The smallest absolute Gasteiger partial charge is 0.421 e. The third kappa shape index (κ3) is 11.2. The molecule has 168 valence electrons. The Morgan fingerprint density at radius 1 is 1.10 bits per heavy atom. The van der Waals surface area contributed by atoms with Gasteiger partial charge in [0.25, 0.3) is 0 Å². The van der Waals surface area contributed by atoms with E-state index < -0.39 is 28.9 Å². The summed E-state index contributed by atoms with van der Waals surface area (Å²) in [4.78, 5) is 22.0. The van der Waals surface area contributed by atoms with E-state index in [9.17, 15) is 18.0 Å². The van der Waals surface area contributed by atoms with Crippen molar-refractivity contribution in [2.24, 2.45) is 17.8 Å². The molecule has 0 aromatic carbocycles. The molecule has 1 amide bonds. The van der Waals surface area contributed by atoms with Gasteiger partial charge in [0.2, 0.25) is 0 Å². The van der Waals surface area contributed by atoms with Gasteiger partial charge >= 0.3 is 22.3 Å². The van der Waals surface area contributed by atoms with Crippen molar-refractivity contribution in [3.05, 3.63) is 12.7 Å². The molecule has 0 heterocycles. The van der Waals surface area contributed by atoms with Crippen LogP contribution in [0.25, 0.3) is 0 Å². The monoisotopic (exact) mass is 436 g/mol. The van der Waals surface area contributed by atoms with Gasteiger partial charge in [-0.15, -0.1) is 6.58 Å². The largest absolute Gasteiger partial charge is 0.480 e. The van der Waals surface area contributed by atoms with Gasteiger partial charge in [0.15, 0.2) is 0 Å². The maximum absolute atomic E-state index is 11.8. The van der Waals surface area contributed by atoms with Crippen LogP contribution in [0.1, 0.15) is 32.6 Å². The zero-order valence-electron chi connectivity index (χ0n) is 16.8. The highest BCUT2D eigenvalue weighted by molar-refractivity contribution is 7.88. The van der Waals surface area contributed by atoms with Crippen LogP contribution in [-0.4, -0.2) is 65.2 Å². The van der Waals surface area contributed by atoms with Crippen molar-refractivity contribution in [2.75, 3.05) is 39.6 Å². The van der Waals surface area contributed by atoms with E-state index in [4.69, 9.17) is 19.3 Å². The van der Waals surface area contributed by atoms with Crippen LogP contribution in [0.15, 0.2) is 12.7 Å². The summed E-state index contributed by atoms with van der Waals surface area (Å²) in [6.07, 6.45) is 4.91. The van der Waals surface area contributed by atoms with E-state index >= 15 is 0 Å². The molecular weight excluding hydrogens is 404 g/mol. The Hall–Kier alpha value is -1.69. The second-order valence-electron chi connectivity index (χ2n) is 6.80. The molecule has 0 radical (unpaired) electrons. The molecule has 0 unspecified atom stereocenters. The van der Waals surface area contributed by atoms with Gasteiger partial charge in [-0.1, -0.05) is 25.8 Å². The lowest BCUT2D eigenvalue weighted by Crippen LogP contribution is -2.42. The predicted molar refractivity (Wildman–Crippen MR) is 105 cm³/mol. The van der Waals surface area contributed by atoms with Crippen LogP contribution in [-0.2, 0) is 29.2 Å². The average molecular weight is 437 g/mol. The van der Waals surface area contributed by atoms with E-state index in [0.29, 0.717) is 11.8 Å². The number of rotatable bonds is 17. The Morgan fingerprint density at radius 3 is 2.45 bits per heavy atom. The number of aliphatic carboxylic acids is 1. The second-order valence-corrected chi connectivity index (χ2v) is 8.30. The molecule has 1 fully saturated rings. The van der Waals surface area contributed by atoms with Crippen LogP contribution in [0.5, 0.6) is 0 Å². The summed E-state index contributed by atoms with van der Waals surface area (Å²) in [7, 11) is -4.05. The van der Waals surface area contributed by atoms with E-state index in [2.05, 4.69) is 18.2 Å². The Morgan fingerprint density at radius 2 is 1.79 bits per heavy atom. The summed E-state index contributed by atoms with van der Waals surface area (Å²) in [6.45, 7) is 5.79. The molecule has 1 rings (SSSR count). The number of amides is 1. The van der Waals surface area contributed by atoms with Gasteiger partial charge in [0, 0.05) is 6.54 Å². The number of hydrogen-bond donors (Lipinski definition) is 3. The number of nitrogens with one attached hydrogen (secondary N) is 2. The quantitative estimate of drug-likeness (QED) is 0.229. The maximum atomic E-state index is 11.8. The highest BCUT2D eigenvalue weighted by atomic mass is 32.2. The number of allylic oxidation sites excluding steroid dienone is 1. The molecule has 29 heavy (non-hydrogen) atoms. The van der Waals surface area contributed by atoms with Gasteiger partial charge in [0.05, 0.1) is 26.4 Å². The predicted octanol–water partition coefficient (Wildman–Crippen LogP) is 1.29. The number of carbonyl (C=O) groups is 2. The van der Waals surface area contributed by atoms with Gasteiger partial charge in [-0.05, 0) is 30.6 Å². The number of hydrogen-bond acceptors (Lipinski definition) is 7. The Kier molecular flexibility index (Phi) is 11.8. The Balaban J connectivity index is 2.17. The van der Waals surface area contributed by atoms with Gasteiger partial charge < -0.3 is 19.3 Å². The van der Waals surface area contributed by atoms with Crippen LogP contribution in [0.2, 0.25) is 0 Å². The average Bonchev–Trinajstić information content (AvgIpc) is 3.31. The Bertz CT molecular complexity index is 625. The van der Waals surface area contributed by atoms with Crippen molar-refractivity contribution in [3.8, 4) is 0 Å². The van der Waals surface area contributed by atoms with Crippen LogP contribution in [0, 0.1) is 17.8 Å². The molecule has 1 saturated carbocycles. The van der Waals surface area contributed by atoms with Gasteiger partial charge in [-0.3, -0.25) is 0 Å². The molecule has 11 heteroatoms. The summed E-state index contributed by atoms with van der Waals surface area (Å²) in [5.41, 5.74) is 0. The van der Waals surface area contributed by atoms with Gasteiger partial charge in [0.1, 0.15) is 6.61 Å². The molecule has 0 bridgehead atoms. The van der Waals surface area contributed by atoms with E-state index in [0.717, 1.165) is 25.7 Å². The lowest BCUT2D eigenvalue weighted by Gasteiger charge is -2.09. The normalized spacial score (nSPS) is 20.8. The molecule has 3 atom stereocenters. The molecule has 1 aliphatic carbocycles. The first kappa shape index (κ1) is 25.3. The lowest BCUT2D eigenvalue weighted by molar-refractivity contribution is -0.142. The minimum atomic E-state index is -4.05. The zero-order chi connectivity index (χ0) is 21.7. The van der Waals surface area contributed by atoms with Gasteiger partial charge in [-0.25, -0.2) is 14.3 Å². The van der Waals surface area contributed by atoms with E-state index in [-0.39, 0.29) is 38.9 Å². The minimum absolute atomic E-state index is 0.0398. The molecular formula is C18H32N2O8S. The van der Waals surface area contributed by atoms with E-state index in [1.165, 1.54) is 0 Å². The van der Waals surface area contributed by atoms with Crippen molar-refractivity contribution >= 4 is 22.3 Å². The third-order valence-electron chi connectivity index (χ3n) is 4.60. The topological polar surface area (TPSA) is 140 Å². The standard InChI is InChI=1S/C18H32N2O8S/c1-3-5-7-15-14(6-4-2)16(15)12-28-18(23)20-29(24,25)19-8-9-26-10-11-27-13-17(21)22/h3,14-16,19H,1,4-13H2,2H3,(H,20,23)(H,21,22)/t14-,15+,16-/m0/s1. The van der Waals surface area contributed by atoms with Crippen LogP contribution < -0.4 is 9.44 Å². The van der Waals surface area contributed by atoms with E-state index in [1.54, 1.807) is 4.72 Å². The molecule has 10 nitrogen and oxygen atoms in total. The van der Waals surface area contributed by atoms with Crippen LogP contribution in [0.3, 0.4) is 0 Å². The molecule has 0 aromatic rings. The van der Waals surface area contributed by atoms with E-state index in [1.807, 2.05) is 6.08 Å². The molecule has 1 aliphatic rings. The van der Waals surface area contributed by atoms with Crippen molar-refractivity contribution in [2.45, 2.75) is 32.6 Å². The highest BCUT2D eigenvalue weighted by Gasteiger charge is 2.48. The second kappa shape index (κ2) is 13.5. The van der Waals surface area contributed by atoms with Crippen molar-refractivity contribution in [1.82, 2.24) is 9.44 Å². The summed E-state index contributed by atoms with van der Waals surface area (Å²) in [5, 5.41) is 8.38. The van der Waals surface area contributed by atoms with Crippen molar-refractivity contribution in [1.29, 1.82) is 0 Å². The summed E-state index contributed by atoms with van der Waals surface area (Å²) in [5.74, 6) is 0.199. The molecule has 3 N–H and O–H groups in total. The molecule has 0 aliphatic heterocycles. The van der Waals surface area contributed by atoms with Crippen LogP contribution >= 0.6 is 0 Å². The fourth-order valence-electron chi connectivity index (χ4n) is 3.25. The summed E-state index contributed by atoms with van der Waals surface area (Å²) >= 11 is 0. The van der Waals surface area contributed by atoms with Crippen LogP contribution in [0.4, 0.5) is 4.79 Å². The lowest BCUT2D eigenvalue weighted by atomic mass is 10.1. The maximum Gasteiger partial charge on any atom is 0.421 e. The highest BCUT2D eigenvalue weighted by Crippen LogP contribution is 2.52. The minimum Gasteiger partial charge on any atom is -0.480 e. The molecule has 0 aromatic heterocycles. The first-order valence-electron chi connectivity index (χ1n) is 9.73. The van der Waals surface area contributed by atoms with Crippen molar-refractivity contribution < 1.29 is 37.3 Å².